The van der Waals surface area contributed by atoms with Crippen molar-refractivity contribution in [3.63, 3.8) is 0 Å². The number of hydrogen-bond donors (Lipinski definition) is 1. The first-order chi connectivity index (χ1) is 7.22. The Labute approximate surface area is 91.5 Å². The van der Waals surface area contributed by atoms with Gasteiger partial charge in [-0.25, -0.2) is 4.79 Å². The maximum absolute atomic E-state index is 11.1. The van der Waals surface area contributed by atoms with Crippen molar-refractivity contribution in [2.24, 2.45) is 5.73 Å². The van der Waals surface area contributed by atoms with Crippen LogP contribution in [-0.2, 0) is 0 Å². The quantitative estimate of drug-likeness (QED) is 0.868. The Morgan fingerprint density at radius 2 is 2.33 bits per heavy atom. The molecule has 1 heterocycles. The Balaban J connectivity index is 2.54. The average molecular weight is 223 g/mol. The van der Waals surface area contributed by atoms with Crippen LogP contribution < -0.4 is 10.7 Å². The highest BCUT2D eigenvalue weighted by Gasteiger charge is 2.12. The van der Waals surface area contributed by atoms with Gasteiger partial charge < -0.3 is 10.2 Å². The molecule has 15 heavy (non-hydrogen) atoms. The highest BCUT2D eigenvalue weighted by atomic mass is 32.1. The van der Waals surface area contributed by atoms with Crippen molar-refractivity contribution >= 4 is 21.6 Å². The van der Waals surface area contributed by atoms with E-state index in [1.807, 2.05) is 18.2 Å². The van der Waals surface area contributed by atoms with Gasteiger partial charge in [-0.3, -0.25) is 0 Å². The van der Waals surface area contributed by atoms with Gasteiger partial charge >= 0.3 is 4.94 Å². The fourth-order valence-electron chi connectivity index (χ4n) is 1.71. The Hall–Kier alpha value is -1.13. The number of nitrogens with two attached hydrogens (primary N) is 1. The van der Waals surface area contributed by atoms with E-state index in [4.69, 9.17) is 10.2 Å². The summed E-state index contributed by atoms with van der Waals surface area (Å²) in [6.45, 7) is 2.77. The lowest BCUT2D eigenvalue weighted by Gasteiger charge is -2.10. The molecular weight excluding hydrogens is 210 g/mol. The molecule has 1 aromatic heterocycles. The van der Waals surface area contributed by atoms with Crippen molar-refractivity contribution < 1.29 is 4.42 Å². The van der Waals surface area contributed by atoms with Gasteiger partial charge in [-0.05, 0) is 30.5 Å². The number of hydrogen-bond acceptors (Lipinski definition) is 4. The van der Waals surface area contributed by atoms with Crippen molar-refractivity contribution in [2.75, 3.05) is 6.54 Å². The van der Waals surface area contributed by atoms with E-state index in [0.717, 1.165) is 16.7 Å². The van der Waals surface area contributed by atoms with Gasteiger partial charge in [0.05, 0.1) is 4.70 Å². The van der Waals surface area contributed by atoms with Crippen LogP contribution in [0.2, 0.25) is 0 Å². The van der Waals surface area contributed by atoms with Crippen LogP contribution in [0.4, 0.5) is 0 Å². The summed E-state index contributed by atoms with van der Waals surface area (Å²) >= 11 is 1.17. The lowest BCUT2D eigenvalue weighted by molar-refractivity contribution is 0.585. The van der Waals surface area contributed by atoms with Crippen LogP contribution in [0.1, 0.15) is 24.8 Å². The van der Waals surface area contributed by atoms with Crippen molar-refractivity contribution in [1.29, 1.82) is 0 Å². The molecule has 2 rings (SSSR count). The molecule has 0 radical (unpaired) electrons. The fraction of sp³-hybridized carbons (Fsp3) is 0.364. The zero-order chi connectivity index (χ0) is 10.8. The lowest BCUT2D eigenvalue weighted by atomic mass is 9.98. The highest BCUT2D eigenvalue weighted by Crippen LogP contribution is 2.29. The van der Waals surface area contributed by atoms with Crippen molar-refractivity contribution in [3.05, 3.63) is 33.5 Å². The molecule has 2 N–H and O–H groups in total. The minimum atomic E-state index is -0.239. The summed E-state index contributed by atoms with van der Waals surface area (Å²) in [6, 6.07) is 5.78. The molecule has 0 aliphatic heterocycles. The monoisotopic (exact) mass is 223 g/mol. The van der Waals surface area contributed by atoms with Crippen LogP contribution in [0.25, 0.3) is 10.3 Å². The molecule has 0 saturated carbocycles. The smallest absolute Gasteiger partial charge is 0.396 e. The first kappa shape index (κ1) is 10.4. The largest absolute Gasteiger partial charge is 0.414 e. The molecule has 1 aromatic carbocycles. The van der Waals surface area contributed by atoms with Crippen molar-refractivity contribution in [3.8, 4) is 0 Å². The second kappa shape index (κ2) is 4.16. The summed E-state index contributed by atoms with van der Waals surface area (Å²) in [4.78, 5) is 10.9. The second-order valence-corrected chi connectivity index (χ2v) is 4.55. The van der Waals surface area contributed by atoms with Crippen LogP contribution in [-0.4, -0.2) is 6.54 Å². The molecule has 4 heteroatoms. The van der Waals surface area contributed by atoms with E-state index >= 15 is 0 Å². The number of fused-ring (bicyclic) bond motifs is 1. The summed E-state index contributed by atoms with van der Waals surface area (Å²) in [6.07, 6.45) is 0.922. The zero-order valence-corrected chi connectivity index (χ0v) is 9.34. The zero-order valence-electron chi connectivity index (χ0n) is 8.53. The molecule has 3 nitrogen and oxygen atoms in total. The molecule has 2 aromatic rings. The van der Waals surface area contributed by atoms with Gasteiger partial charge in [0.1, 0.15) is 5.58 Å². The topological polar surface area (TPSA) is 56.2 Å². The standard InChI is InChI=1S/C11H13NO2S/c1-7(5-6-12)8-3-2-4-9-10(8)15-11(13)14-9/h2-4,7H,5-6,12H2,1H3. The minimum absolute atomic E-state index is 0.239. The first-order valence-electron chi connectivity index (χ1n) is 4.95. The van der Waals surface area contributed by atoms with Gasteiger partial charge in [-0.1, -0.05) is 30.4 Å². The summed E-state index contributed by atoms with van der Waals surface area (Å²) in [5, 5.41) is 0. The molecule has 0 aliphatic carbocycles. The summed E-state index contributed by atoms with van der Waals surface area (Å²) in [5.74, 6) is 0.368. The Kier molecular flexibility index (Phi) is 2.88. The SMILES string of the molecule is CC(CCN)c1cccc2oc(=O)sc12. The van der Waals surface area contributed by atoms with E-state index in [9.17, 15) is 4.79 Å². The van der Waals surface area contributed by atoms with Crippen LogP contribution in [0, 0.1) is 0 Å². The Morgan fingerprint density at radius 1 is 1.53 bits per heavy atom. The molecule has 80 valence electrons. The van der Waals surface area contributed by atoms with E-state index < -0.39 is 0 Å². The molecule has 0 fully saturated rings. The van der Waals surface area contributed by atoms with Crippen molar-refractivity contribution in [2.45, 2.75) is 19.3 Å². The Bertz CT molecular complexity index is 515. The number of rotatable bonds is 3. The van der Waals surface area contributed by atoms with Crippen LogP contribution in [0.15, 0.2) is 27.4 Å². The molecule has 0 saturated heterocycles. The van der Waals surface area contributed by atoms with Gasteiger partial charge in [0, 0.05) is 0 Å². The molecule has 0 aliphatic rings. The number of benzene rings is 1. The first-order valence-corrected chi connectivity index (χ1v) is 5.76. The molecular formula is C11H13NO2S. The highest BCUT2D eigenvalue weighted by molar-refractivity contribution is 7.16. The van der Waals surface area contributed by atoms with E-state index in [1.54, 1.807) is 0 Å². The van der Waals surface area contributed by atoms with Gasteiger partial charge in [0.15, 0.2) is 0 Å². The van der Waals surface area contributed by atoms with Gasteiger partial charge in [-0.15, -0.1) is 0 Å². The summed E-state index contributed by atoms with van der Waals surface area (Å²) in [5.41, 5.74) is 7.38. The van der Waals surface area contributed by atoms with Gasteiger partial charge in [-0.2, -0.15) is 0 Å². The van der Waals surface area contributed by atoms with E-state index in [-0.39, 0.29) is 4.94 Å². The maximum Gasteiger partial charge on any atom is 0.396 e. The molecule has 0 amide bonds. The fourth-order valence-corrected chi connectivity index (χ4v) is 2.61. The van der Waals surface area contributed by atoms with Crippen LogP contribution in [0.3, 0.4) is 0 Å². The third-order valence-corrected chi connectivity index (χ3v) is 3.41. The lowest BCUT2D eigenvalue weighted by Crippen LogP contribution is -2.04. The summed E-state index contributed by atoms with van der Waals surface area (Å²) in [7, 11) is 0. The maximum atomic E-state index is 11.1. The van der Waals surface area contributed by atoms with Crippen LogP contribution in [0.5, 0.6) is 0 Å². The predicted octanol–water partition coefficient (Wildman–Crippen LogP) is 2.31. The van der Waals surface area contributed by atoms with E-state index in [0.29, 0.717) is 18.0 Å². The Morgan fingerprint density at radius 3 is 3.07 bits per heavy atom. The molecule has 1 atom stereocenters. The third-order valence-electron chi connectivity index (χ3n) is 2.52. The second-order valence-electron chi connectivity index (χ2n) is 3.61. The van der Waals surface area contributed by atoms with Crippen LogP contribution >= 0.6 is 11.3 Å². The average Bonchev–Trinajstić information content (AvgIpc) is 2.57. The summed E-state index contributed by atoms with van der Waals surface area (Å²) < 4.78 is 6.03. The molecule has 0 bridgehead atoms. The normalized spacial score (nSPS) is 13.2. The molecule has 0 spiro atoms. The third kappa shape index (κ3) is 1.96. The van der Waals surface area contributed by atoms with E-state index in [2.05, 4.69) is 6.92 Å². The van der Waals surface area contributed by atoms with Crippen molar-refractivity contribution in [1.82, 2.24) is 0 Å². The van der Waals surface area contributed by atoms with E-state index in [1.165, 1.54) is 11.3 Å². The predicted molar refractivity (Wildman–Crippen MR) is 62.4 cm³/mol. The molecule has 1 unspecified atom stereocenters. The minimum Gasteiger partial charge on any atom is -0.414 e. The van der Waals surface area contributed by atoms with Gasteiger partial charge in [0.25, 0.3) is 0 Å². The van der Waals surface area contributed by atoms with Gasteiger partial charge in [0.2, 0.25) is 0 Å².